The molecule has 10 rings (SSSR count). The molecule has 0 fully saturated rings. The summed E-state index contributed by atoms with van der Waals surface area (Å²) in [5.41, 5.74) is 12.6. The molecule has 1 unspecified atom stereocenters. The van der Waals surface area contributed by atoms with Crippen molar-refractivity contribution in [2.24, 2.45) is 0 Å². The molecule has 51 heavy (non-hydrogen) atoms. The predicted molar refractivity (Wildman–Crippen MR) is 212 cm³/mol. The highest BCUT2D eigenvalue weighted by atomic mass is 16.3. The van der Waals surface area contributed by atoms with Crippen LogP contribution in [0.4, 0.5) is 11.4 Å². The fraction of sp³-hybridized carbons (Fsp3) is 0.0417. The number of allylic oxidation sites excluding steroid dienone is 2. The molecule has 1 aliphatic rings. The van der Waals surface area contributed by atoms with Crippen molar-refractivity contribution in [3.05, 3.63) is 188 Å². The molecule has 7 aromatic carbocycles. The molecule has 0 spiro atoms. The smallest absolute Gasteiger partial charge is 0.159 e. The van der Waals surface area contributed by atoms with Crippen LogP contribution in [0.1, 0.15) is 12.0 Å². The first-order valence-corrected chi connectivity index (χ1v) is 17.5. The van der Waals surface area contributed by atoms with Crippen LogP contribution in [0.3, 0.4) is 0 Å². The van der Waals surface area contributed by atoms with E-state index in [1.807, 2.05) is 12.1 Å². The average Bonchev–Trinajstić information content (AvgIpc) is 3.77. The fourth-order valence-electron chi connectivity index (χ4n) is 7.79. The average molecular weight is 656 g/mol. The molecule has 0 radical (unpaired) electrons. The summed E-state index contributed by atoms with van der Waals surface area (Å²) in [4.78, 5) is 2.44. The SMILES string of the molecule is C1=CC(N(c2ccc(-c3ccccc3)cc2)c2cccc3c2oc2c(-c4ccccc4)c4c(cc23)oc2ccccc24)CC=C1c1ccccc1. The molecule has 1 atom stereocenters. The molecule has 0 N–H and O–H groups in total. The van der Waals surface area contributed by atoms with E-state index in [1.165, 1.54) is 22.3 Å². The van der Waals surface area contributed by atoms with Crippen molar-refractivity contribution in [3.8, 4) is 22.3 Å². The summed E-state index contributed by atoms with van der Waals surface area (Å²) >= 11 is 0. The molecule has 3 heteroatoms. The summed E-state index contributed by atoms with van der Waals surface area (Å²) < 4.78 is 13.7. The van der Waals surface area contributed by atoms with Crippen LogP contribution in [0.15, 0.2) is 191 Å². The Kier molecular flexibility index (Phi) is 6.95. The molecule has 0 aliphatic heterocycles. The topological polar surface area (TPSA) is 29.5 Å². The third kappa shape index (κ3) is 4.97. The Morgan fingerprint density at radius 2 is 1.14 bits per heavy atom. The number of fused-ring (bicyclic) bond motifs is 6. The highest BCUT2D eigenvalue weighted by molar-refractivity contribution is 6.24. The van der Waals surface area contributed by atoms with Crippen molar-refractivity contribution in [2.75, 3.05) is 4.90 Å². The maximum Gasteiger partial charge on any atom is 0.159 e. The predicted octanol–water partition coefficient (Wildman–Crippen LogP) is 13.4. The Morgan fingerprint density at radius 3 is 1.86 bits per heavy atom. The van der Waals surface area contributed by atoms with Gasteiger partial charge in [-0.2, -0.15) is 0 Å². The Morgan fingerprint density at radius 1 is 0.490 bits per heavy atom. The molecule has 0 bridgehead atoms. The monoisotopic (exact) mass is 655 g/mol. The number of benzene rings is 7. The number of nitrogens with zero attached hydrogens (tertiary/aromatic N) is 1. The van der Waals surface area contributed by atoms with E-state index >= 15 is 0 Å². The van der Waals surface area contributed by atoms with Crippen molar-refractivity contribution in [1.29, 1.82) is 0 Å². The quantitative estimate of drug-likeness (QED) is 0.179. The first-order chi connectivity index (χ1) is 25.3. The summed E-state index contributed by atoms with van der Waals surface area (Å²) in [6.07, 6.45) is 7.81. The van der Waals surface area contributed by atoms with Gasteiger partial charge in [-0.15, -0.1) is 0 Å². The number of anilines is 2. The third-order valence-corrected chi connectivity index (χ3v) is 10.2. The zero-order chi connectivity index (χ0) is 33.7. The standard InChI is InChI=1S/C48H33NO2/c1-4-13-32(14-5-1)34-23-27-37(28-24-34)49(38-29-25-35(26-30-38)33-15-6-2-7-16-33)42-21-12-20-39-41-31-44-46(40-19-10-11-22-43(40)50-44)45(48(41)51-47(39)42)36-17-8-3-9-18-36/h1-29,31,38H,30H2. The molecule has 2 aromatic heterocycles. The minimum Gasteiger partial charge on any atom is -0.456 e. The minimum absolute atomic E-state index is 0.0765. The first-order valence-electron chi connectivity index (χ1n) is 17.5. The van der Waals surface area contributed by atoms with Gasteiger partial charge >= 0.3 is 0 Å². The minimum atomic E-state index is 0.0765. The molecular formula is C48H33NO2. The van der Waals surface area contributed by atoms with Gasteiger partial charge in [-0.1, -0.05) is 152 Å². The highest BCUT2D eigenvalue weighted by Gasteiger charge is 2.27. The highest BCUT2D eigenvalue weighted by Crippen LogP contribution is 2.47. The Balaban J connectivity index is 1.18. The molecule has 2 heterocycles. The Bertz CT molecular complexity index is 2750. The molecule has 242 valence electrons. The fourth-order valence-corrected chi connectivity index (χ4v) is 7.79. The van der Waals surface area contributed by atoms with Crippen molar-refractivity contribution < 1.29 is 8.83 Å². The molecule has 0 saturated carbocycles. The van der Waals surface area contributed by atoms with Crippen LogP contribution in [0, 0.1) is 0 Å². The van der Waals surface area contributed by atoms with E-state index in [4.69, 9.17) is 8.83 Å². The van der Waals surface area contributed by atoms with Crippen LogP contribution in [0.5, 0.6) is 0 Å². The summed E-state index contributed by atoms with van der Waals surface area (Å²) in [5, 5.41) is 4.27. The summed E-state index contributed by atoms with van der Waals surface area (Å²) in [7, 11) is 0. The van der Waals surface area contributed by atoms with E-state index in [0.29, 0.717) is 0 Å². The molecule has 1 aliphatic carbocycles. The number of para-hydroxylation sites is 2. The number of rotatable bonds is 6. The van der Waals surface area contributed by atoms with Gasteiger partial charge in [-0.05, 0) is 64.6 Å². The maximum absolute atomic E-state index is 7.15. The number of hydrogen-bond donors (Lipinski definition) is 0. The van der Waals surface area contributed by atoms with Crippen molar-refractivity contribution >= 4 is 60.8 Å². The van der Waals surface area contributed by atoms with Crippen LogP contribution in [-0.2, 0) is 0 Å². The Hall–Kier alpha value is -6.58. The van der Waals surface area contributed by atoms with Crippen LogP contribution < -0.4 is 4.90 Å². The third-order valence-electron chi connectivity index (χ3n) is 10.2. The van der Waals surface area contributed by atoms with Gasteiger partial charge in [0.2, 0.25) is 0 Å². The summed E-state index contributed by atoms with van der Waals surface area (Å²) in [6, 6.07) is 57.7. The van der Waals surface area contributed by atoms with E-state index in [9.17, 15) is 0 Å². The lowest BCUT2D eigenvalue weighted by Crippen LogP contribution is -2.30. The lowest BCUT2D eigenvalue weighted by atomic mass is 9.95. The van der Waals surface area contributed by atoms with Gasteiger partial charge in [0.25, 0.3) is 0 Å². The molecule has 3 nitrogen and oxygen atoms in total. The second-order valence-electron chi connectivity index (χ2n) is 13.2. The van der Waals surface area contributed by atoms with E-state index in [0.717, 1.165) is 72.8 Å². The van der Waals surface area contributed by atoms with E-state index in [2.05, 4.69) is 175 Å². The number of furan rings is 2. The van der Waals surface area contributed by atoms with E-state index in [1.54, 1.807) is 0 Å². The largest absolute Gasteiger partial charge is 0.456 e. The van der Waals surface area contributed by atoms with Gasteiger partial charge in [-0.25, -0.2) is 0 Å². The van der Waals surface area contributed by atoms with Crippen LogP contribution in [0.2, 0.25) is 0 Å². The van der Waals surface area contributed by atoms with Crippen LogP contribution in [0.25, 0.3) is 71.7 Å². The zero-order valence-corrected chi connectivity index (χ0v) is 27.9. The first kappa shape index (κ1) is 29.3. The summed E-state index contributed by atoms with van der Waals surface area (Å²) in [6.45, 7) is 0. The van der Waals surface area contributed by atoms with Crippen molar-refractivity contribution in [1.82, 2.24) is 0 Å². The van der Waals surface area contributed by atoms with Crippen LogP contribution >= 0.6 is 0 Å². The Labute approximate surface area is 296 Å². The maximum atomic E-state index is 7.15. The van der Waals surface area contributed by atoms with Crippen LogP contribution in [-0.4, -0.2) is 6.04 Å². The summed E-state index contributed by atoms with van der Waals surface area (Å²) in [5.74, 6) is 0. The lowest BCUT2D eigenvalue weighted by Gasteiger charge is -2.33. The van der Waals surface area contributed by atoms with Gasteiger partial charge < -0.3 is 13.7 Å². The van der Waals surface area contributed by atoms with Gasteiger partial charge in [0.1, 0.15) is 16.7 Å². The lowest BCUT2D eigenvalue weighted by molar-refractivity contribution is 0.662. The molecule has 9 aromatic rings. The normalized spacial score (nSPS) is 14.4. The molecule has 0 amide bonds. The van der Waals surface area contributed by atoms with Crippen molar-refractivity contribution in [2.45, 2.75) is 12.5 Å². The second kappa shape index (κ2) is 12.1. The van der Waals surface area contributed by atoms with Crippen molar-refractivity contribution in [3.63, 3.8) is 0 Å². The molecule has 0 saturated heterocycles. The zero-order valence-electron chi connectivity index (χ0n) is 27.9. The van der Waals surface area contributed by atoms with Gasteiger partial charge in [0, 0.05) is 32.8 Å². The van der Waals surface area contributed by atoms with Gasteiger partial charge in [-0.3, -0.25) is 0 Å². The molecular weight excluding hydrogens is 623 g/mol. The van der Waals surface area contributed by atoms with Gasteiger partial charge in [0.05, 0.1) is 11.7 Å². The van der Waals surface area contributed by atoms with E-state index in [-0.39, 0.29) is 6.04 Å². The number of hydrogen-bond acceptors (Lipinski definition) is 3. The van der Waals surface area contributed by atoms with E-state index < -0.39 is 0 Å². The van der Waals surface area contributed by atoms with Gasteiger partial charge in [0.15, 0.2) is 5.58 Å². The second-order valence-corrected chi connectivity index (χ2v) is 13.2.